The number of nitrogens with one attached hydrogen (secondary N) is 2. The van der Waals surface area contributed by atoms with E-state index in [1.807, 2.05) is 42.2 Å². The molecule has 2 aromatic rings. The van der Waals surface area contributed by atoms with Crippen LogP contribution in [0.2, 0.25) is 0 Å². The van der Waals surface area contributed by atoms with Gasteiger partial charge in [-0.05, 0) is 29.3 Å². The molecule has 1 fully saturated rings. The number of nitrogens with zero attached hydrogens (tertiary/aromatic N) is 2. The van der Waals surface area contributed by atoms with Crippen molar-refractivity contribution < 1.29 is 18.0 Å². The molecule has 1 aliphatic heterocycles. The molecule has 8 nitrogen and oxygen atoms in total. The maximum atomic E-state index is 13.0. The van der Waals surface area contributed by atoms with Crippen molar-refractivity contribution in [2.45, 2.75) is 18.2 Å². The van der Waals surface area contributed by atoms with Crippen LogP contribution < -0.4 is 10.6 Å². The number of hydrogen-bond donors (Lipinski definition) is 2. The van der Waals surface area contributed by atoms with E-state index in [9.17, 15) is 18.0 Å². The van der Waals surface area contributed by atoms with Crippen LogP contribution in [0.3, 0.4) is 0 Å². The summed E-state index contributed by atoms with van der Waals surface area (Å²) in [5.74, 6) is -0.399. The van der Waals surface area contributed by atoms with Crippen molar-refractivity contribution in [3.05, 3.63) is 42.5 Å². The first-order chi connectivity index (χ1) is 13.9. The minimum Gasteiger partial charge on any atom is -0.338 e. The number of carbonyl (C=O) groups is 2. The second kappa shape index (κ2) is 9.34. The Labute approximate surface area is 170 Å². The number of rotatable bonds is 6. The molecule has 2 aromatic carbocycles. The fourth-order valence-electron chi connectivity index (χ4n) is 3.26. The molecule has 9 heteroatoms. The number of hydrogen-bond acceptors (Lipinski definition) is 5. The molecular weight excluding hydrogens is 392 g/mol. The van der Waals surface area contributed by atoms with Crippen LogP contribution in [0.1, 0.15) is 13.3 Å². The van der Waals surface area contributed by atoms with Crippen LogP contribution in [0.15, 0.2) is 47.4 Å². The van der Waals surface area contributed by atoms with E-state index >= 15 is 0 Å². The largest absolute Gasteiger partial charge is 0.338 e. The Bertz CT molecular complexity index is 985. The van der Waals surface area contributed by atoms with E-state index in [-0.39, 0.29) is 11.4 Å². The average molecular weight is 419 g/mol. The highest BCUT2D eigenvalue weighted by molar-refractivity contribution is 7.89. The van der Waals surface area contributed by atoms with Crippen LogP contribution in [-0.2, 0) is 14.8 Å². The van der Waals surface area contributed by atoms with Crippen molar-refractivity contribution in [2.75, 3.05) is 39.3 Å². The molecule has 0 spiro atoms. The predicted molar refractivity (Wildman–Crippen MR) is 111 cm³/mol. The van der Waals surface area contributed by atoms with Crippen LogP contribution in [0.25, 0.3) is 10.8 Å². The molecule has 3 amide bonds. The predicted octanol–water partition coefficient (Wildman–Crippen LogP) is 1.38. The van der Waals surface area contributed by atoms with Crippen molar-refractivity contribution in [3.63, 3.8) is 0 Å². The van der Waals surface area contributed by atoms with Crippen molar-refractivity contribution in [2.24, 2.45) is 0 Å². The molecule has 0 atom stereocenters. The summed E-state index contributed by atoms with van der Waals surface area (Å²) in [6.45, 7) is 3.93. The van der Waals surface area contributed by atoms with Crippen LogP contribution in [0, 0.1) is 0 Å². The number of sulfonamides is 1. The van der Waals surface area contributed by atoms with E-state index in [0.717, 1.165) is 17.2 Å². The van der Waals surface area contributed by atoms with Crippen molar-refractivity contribution >= 4 is 32.7 Å². The number of amides is 3. The Morgan fingerprint density at radius 1 is 1.00 bits per heavy atom. The maximum absolute atomic E-state index is 13.0. The van der Waals surface area contributed by atoms with Crippen LogP contribution in [0.5, 0.6) is 0 Å². The number of benzene rings is 2. The van der Waals surface area contributed by atoms with Gasteiger partial charge in [-0.3, -0.25) is 15.0 Å². The van der Waals surface area contributed by atoms with Gasteiger partial charge in [0.25, 0.3) is 0 Å². The molecule has 0 radical (unpaired) electrons. The number of piperazine rings is 1. The Morgan fingerprint density at radius 2 is 1.69 bits per heavy atom. The Morgan fingerprint density at radius 3 is 2.38 bits per heavy atom. The monoisotopic (exact) mass is 418 g/mol. The van der Waals surface area contributed by atoms with Crippen molar-refractivity contribution in [1.82, 2.24) is 19.8 Å². The molecular formula is C20H26N4O4S. The Kier molecular flexibility index (Phi) is 6.83. The molecule has 1 heterocycles. The molecule has 0 unspecified atom stereocenters. The number of fused-ring (bicyclic) bond motifs is 1. The summed E-state index contributed by atoms with van der Waals surface area (Å²) in [5, 5.41) is 6.74. The molecule has 1 aliphatic rings. The zero-order valence-corrected chi connectivity index (χ0v) is 17.2. The smallest absolute Gasteiger partial charge is 0.321 e. The summed E-state index contributed by atoms with van der Waals surface area (Å²) in [5.41, 5.74) is 0. The van der Waals surface area contributed by atoms with E-state index in [2.05, 4.69) is 10.6 Å². The van der Waals surface area contributed by atoms with Gasteiger partial charge in [-0.2, -0.15) is 4.31 Å². The second-order valence-corrected chi connectivity index (χ2v) is 8.93. The zero-order chi connectivity index (χ0) is 20.9. The van der Waals surface area contributed by atoms with E-state index in [1.54, 1.807) is 12.1 Å². The zero-order valence-electron chi connectivity index (χ0n) is 16.4. The lowest BCUT2D eigenvalue weighted by atomic mass is 10.1. The minimum absolute atomic E-state index is 0.0589. The Hall–Kier alpha value is -2.49. The molecule has 2 N–H and O–H groups in total. The van der Waals surface area contributed by atoms with Crippen LogP contribution in [0.4, 0.5) is 4.79 Å². The van der Waals surface area contributed by atoms with Gasteiger partial charge >= 0.3 is 6.03 Å². The quantitative estimate of drug-likeness (QED) is 0.739. The third-order valence-corrected chi connectivity index (χ3v) is 6.74. The van der Waals surface area contributed by atoms with Crippen molar-refractivity contribution in [3.8, 4) is 0 Å². The maximum Gasteiger partial charge on any atom is 0.321 e. The minimum atomic E-state index is -3.59. The lowest BCUT2D eigenvalue weighted by molar-refractivity contribution is -0.121. The van der Waals surface area contributed by atoms with Gasteiger partial charge in [0.2, 0.25) is 15.9 Å². The highest BCUT2D eigenvalue weighted by Crippen LogP contribution is 2.22. The van der Waals surface area contributed by atoms with Gasteiger partial charge in [0, 0.05) is 32.7 Å². The third-order valence-electron chi connectivity index (χ3n) is 4.85. The SMILES string of the molecule is CCCNC(=O)NC(=O)CN1CCN(S(=O)(=O)c2ccc3ccccc3c2)CC1. The summed E-state index contributed by atoms with van der Waals surface area (Å²) < 4.78 is 27.4. The molecule has 29 heavy (non-hydrogen) atoms. The topological polar surface area (TPSA) is 98.8 Å². The van der Waals surface area contributed by atoms with Gasteiger partial charge in [0.1, 0.15) is 0 Å². The van der Waals surface area contributed by atoms with Crippen molar-refractivity contribution in [1.29, 1.82) is 0 Å². The highest BCUT2D eigenvalue weighted by atomic mass is 32.2. The van der Waals surface area contributed by atoms with E-state index in [0.29, 0.717) is 32.7 Å². The van der Waals surface area contributed by atoms with Gasteiger partial charge in [0.15, 0.2) is 0 Å². The number of urea groups is 1. The summed E-state index contributed by atoms with van der Waals surface area (Å²) in [6, 6.07) is 12.3. The molecule has 3 rings (SSSR count). The van der Waals surface area contributed by atoms with E-state index in [4.69, 9.17) is 0 Å². The fourth-order valence-corrected chi connectivity index (χ4v) is 4.71. The fraction of sp³-hybridized carbons (Fsp3) is 0.400. The average Bonchev–Trinajstić information content (AvgIpc) is 2.72. The number of imide groups is 1. The molecule has 0 saturated carbocycles. The molecule has 1 saturated heterocycles. The van der Waals surface area contributed by atoms with Gasteiger partial charge in [0.05, 0.1) is 11.4 Å². The summed E-state index contributed by atoms with van der Waals surface area (Å²) in [4.78, 5) is 25.6. The van der Waals surface area contributed by atoms with Gasteiger partial charge in [-0.25, -0.2) is 13.2 Å². The first-order valence-corrected chi connectivity index (χ1v) is 11.1. The second-order valence-electron chi connectivity index (χ2n) is 6.99. The van der Waals surface area contributed by atoms with Gasteiger partial charge < -0.3 is 5.32 Å². The summed E-state index contributed by atoms with van der Waals surface area (Å²) in [7, 11) is -3.59. The Balaban J connectivity index is 1.56. The van der Waals surface area contributed by atoms with Gasteiger partial charge in [-0.15, -0.1) is 0 Å². The van der Waals surface area contributed by atoms with E-state index in [1.165, 1.54) is 4.31 Å². The third kappa shape index (κ3) is 5.31. The lowest BCUT2D eigenvalue weighted by Gasteiger charge is -2.33. The highest BCUT2D eigenvalue weighted by Gasteiger charge is 2.29. The van der Waals surface area contributed by atoms with Crippen LogP contribution in [-0.4, -0.2) is 68.8 Å². The first-order valence-electron chi connectivity index (χ1n) is 9.69. The van der Waals surface area contributed by atoms with E-state index < -0.39 is 22.0 Å². The summed E-state index contributed by atoms with van der Waals surface area (Å²) >= 11 is 0. The molecule has 0 bridgehead atoms. The normalized spacial score (nSPS) is 15.9. The summed E-state index contributed by atoms with van der Waals surface area (Å²) in [6.07, 6.45) is 0.787. The van der Waals surface area contributed by atoms with Crippen LogP contribution >= 0.6 is 0 Å². The molecule has 0 aromatic heterocycles. The lowest BCUT2D eigenvalue weighted by Crippen LogP contribution is -2.52. The van der Waals surface area contributed by atoms with Gasteiger partial charge in [-0.1, -0.05) is 37.3 Å². The standard InChI is InChI=1S/C20H26N4O4S/c1-2-9-21-20(26)22-19(25)15-23-10-12-24(13-11-23)29(27,28)18-8-7-16-5-3-4-6-17(16)14-18/h3-8,14H,2,9-13,15H2,1H3,(H2,21,22,25,26). The number of carbonyl (C=O) groups excluding carboxylic acids is 2. The molecule has 0 aliphatic carbocycles. The first kappa shape index (κ1) is 21.2. The molecule has 156 valence electrons.